The molecule has 2 aromatic carbocycles. The van der Waals surface area contributed by atoms with Crippen LogP contribution in [-0.2, 0) is 4.74 Å². The van der Waals surface area contributed by atoms with Gasteiger partial charge in [-0.15, -0.1) is 0 Å². The topological polar surface area (TPSA) is 125 Å². The summed E-state index contributed by atoms with van der Waals surface area (Å²) in [5.41, 5.74) is 0.123. The second kappa shape index (κ2) is 12.4. The molecule has 5 unspecified atom stereocenters. The molecule has 2 bridgehead atoms. The lowest BCUT2D eigenvalue weighted by Gasteiger charge is -2.40. The molecule has 272 valence electrons. The summed E-state index contributed by atoms with van der Waals surface area (Å²) in [5.74, 6) is 0.0992. The minimum absolute atomic E-state index is 0.0192. The monoisotopic (exact) mass is 729 g/mol. The third-order valence-corrected chi connectivity index (χ3v) is 12.7. The summed E-state index contributed by atoms with van der Waals surface area (Å²) in [7, 11) is 0. The van der Waals surface area contributed by atoms with Gasteiger partial charge in [-0.25, -0.2) is 14.2 Å². The summed E-state index contributed by atoms with van der Waals surface area (Å²) in [6.45, 7) is 4.15. The molecule has 0 aliphatic carbocycles. The number of halogens is 2. The van der Waals surface area contributed by atoms with Crippen molar-refractivity contribution in [2.24, 2.45) is 0 Å². The van der Waals surface area contributed by atoms with Gasteiger partial charge in [0.2, 0.25) is 5.88 Å². The number of ether oxygens (including phenoxy) is 3. The molecular formula is C38H41ClFN7O5. The third-order valence-electron chi connectivity index (χ3n) is 12.4. The van der Waals surface area contributed by atoms with Crippen molar-refractivity contribution >= 4 is 45.2 Å². The fourth-order valence-electron chi connectivity index (χ4n) is 9.86. The molecule has 0 spiro atoms. The quantitative estimate of drug-likeness (QED) is 0.256. The number of fused-ring (bicyclic) bond motifs is 7. The smallest absolute Gasteiger partial charge is 0.409 e. The Morgan fingerprint density at radius 2 is 1.96 bits per heavy atom. The predicted octanol–water partition coefficient (Wildman–Crippen LogP) is 5.65. The van der Waals surface area contributed by atoms with Crippen LogP contribution in [0.15, 0.2) is 30.3 Å². The zero-order chi connectivity index (χ0) is 35.1. The van der Waals surface area contributed by atoms with Crippen LogP contribution < -0.4 is 19.7 Å². The number of anilines is 1. The number of carbonyl (C=O) groups excluding carboxylic acids is 1. The van der Waals surface area contributed by atoms with Crippen LogP contribution >= 0.6 is 11.6 Å². The number of pyridine rings is 1. The van der Waals surface area contributed by atoms with E-state index in [-0.39, 0.29) is 64.7 Å². The van der Waals surface area contributed by atoms with Gasteiger partial charge in [0.25, 0.3) is 0 Å². The van der Waals surface area contributed by atoms with E-state index in [1.807, 2.05) is 6.07 Å². The van der Waals surface area contributed by atoms with Crippen LogP contribution in [0.3, 0.4) is 0 Å². The molecule has 2 aromatic heterocycles. The average Bonchev–Trinajstić information content (AvgIpc) is 3.94. The molecule has 5 fully saturated rings. The van der Waals surface area contributed by atoms with E-state index >= 15 is 4.39 Å². The highest BCUT2D eigenvalue weighted by Gasteiger charge is 2.50. The Balaban J connectivity index is 1.03. The fraction of sp³-hybridized carbons (Fsp3) is 0.526. The van der Waals surface area contributed by atoms with Gasteiger partial charge >= 0.3 is 12.1 Å². The predicted molar refractivity (Wildman–Crippen MR) is 193 cm³/mol. The van der Waals surface area contributed by atoms with Crippen molar-refractivity contribution in [3.63, 3.8) is 0 Å². The Morgan fingerprint density at radius 1 is 1.08 bits per heavy atom. The lowest BCUT2D eigenvalue weighted by molar-refractivity contribution is 0.0463. The van der Waals surface area contributed by atoms with Crippen LogP contribution in [0.2, 0.25) is 5.02 Å². The lowest BCUT2D eigenvalue weighted by atomic mass is 9.95. The maximum atomic E-state index is 17.2. The van der Waals surface area contributed by atoms with E-state index in [0.717, 1.165) is 71.0 Å². The van der Waals surface area contributed by atoms with Crippen LogP contribution in [-0.4, -0.2) is 112 Å². The highest BCUT2D eigenvalue weighted by molar-refractivity contribution is 6.36. The van der Waals surface area contributed by atoms with Gasteiger partial charge in [-0.3, -0.25) is 4.90 Å². The number of hydrogen-bond acceptors (Lipinski definition) is 11. The molecule has 6 aliphatic rings. The van der Waals surface area contributed by atoms with Crippen molar-refractivity contribution in [3.8, 4) is 28.9 Å². The number of hydrogen-bond donors (Lipinski definition) is 2. The molecule has 14 heteroatoms. The Labute approximate surface area is 305 Å². The summed E-state index contributed by atoms with van der Waals surface area (Å²) in [5, 5.41) is 16.5. The number of aromatic nitrogens is 3. The van der Waals surface area contributed by atoms with E-state index in [0.29, 0.717) is 58.9 Å². The van der Waals surface area contributed by atoms with E-state index in [2.05, 4.69) is 15.1 Å². The Morgan fingerprint density at radius 3 is 2.85 bits per heavy atom. The Bertz CT molecular complexity index is 2100. The van der Waals surface area contributed by atoms with Crippen LogP contribution in [0, 0.1) is 5.82 Å². The number of benzene rings is 2. The van der Waals surface area contributed by atoms with Gasteiger partial charge in [0.15, 0.2) is 5.82 Å². The van der Waals surface area contributed by atoms with Crippen molar-refractivity contribution < 1.29 is 28.5 Å². The van der Waals surface area contributed by atoms with Gasteiger partial charge in [0.05, 0.1) is 11.6 Å². The van der Waals surface area contributed by atoms with Gasteiger partial charge in [-0.1, -0.05) is 23.7 Å². The summed E-state index contributed by atoms with van der Waals surface area (Å²) in [4.78, 5) is 33.7. The number of likely N-dealkylation sites (tertiary alicyclic amines) is 1. The van der Waals surface area contributed by atoms with Gasteiger partial charge in [0.1, 0.15) is 48.0 Å². The molecule has 12 nitrogen and oxygen atoms in total. The first-order valence-corrected chi connectivity index (χ1v) is 19.0. The van der Waals surface area contributed by atoms with E-state index in [1.165, 1.54) is 6.07 Å². The first-order chi connectivity index (χ1) is 25.3. The first-order valence-electron chi connectivity index (χ1n) is 18.6. The molecular weight excluding hydrogens is 689 g/mol. The number of carbonyl (C=O) groups is 1. The number of nitrogens with zero attached hydrogens (tertiary/aromatic N) is 6. The number of piperazine rings is 1. The van der Waals surface area contributed by atoms with Crippen LogP contribution in [0.5, 0.6) is 17.6 Å². The normalized spacial score (nSPS) is 27.9. The summed E-state index contributed by atoms with van der Waals surface area (Å²) in [6.07, 6.45) is 7.64. The number of aromatic hydroxyl groups is 1. The van der Waals surface area contributed by atoms with E-state index < -0.39 is 5.82 Å². The lowest BCUT2D eigenvalue weighted by Crippen LogP contribution is -2.60. The molecule has 5 atom stereocenters. The second-order valence-electron chi connectivity index (χ2n) is 15.3. The zero-order valence-electron chi connectivity index (χ0n) is 28.8. The van der Waals surface area contributed by atoms with E-state index in [9.17, 15) is 9.90 Å². The highest BCUT2D eigenvalue weighted by Crippen LogP contribution is 2.46. The second-order valence-corrected chi connectivity index (χ2v) is 15.7. The zero-order valence-corrected chi connectivity index (χ0v) is 29.6. The first kappa shape index (κ1) is 32.5. The van der Waals surface area contributed by atoms with Gasteiger partial charge in [-0.05, 0) is 81.5 Å². The summed E-state index contributed by atoms with van der Waals surface area (Å²) in [6, 6.07) is 9.07. The third kappa shape index (κ3) is 5.21. The molecule has 0 saturated carbocycles. The minimum Gasteiger partial charge on any atom is -0.508 e. The maximum absolute atomic E-state index is 17.2. The highest BCUT2D eigenvalue weighted by atomic mass is 35.5. The van der Waals surface area contributed by atoms with Crippen molar-refractivity contribution in [2.75, 3.05) is 50.9 Å². The molecule has 1 amide bonds. The van der Waals surface area contributed by atoms with Gasteiger partial charge < -0.3 is 34.4 Å². The Kier molecular flexibility index (Phi) is 7.77. The Hall–Kier alpha value is -4.20. The molecule has 52 heavy (non-hydrogen) atoms. The number of rotatable bonds is 6. The van der Waals surface area contributed by atoms with Crippen molar-refractivity contribution in [1.82, 2.24) is 30.1 Å². The number of phenolic OH excluding ortho intramolecular Hbond substituents is 1. The molecule has 8 heterocycles. The van der Waals surface area contributed by atoms with Crippen molar-refractivity contribution in [3.05, 3.63) is 41.2 Å². The maximum Gasteiger partial charge on any atom is 0.409 e. The standard InChI is InChI=1S/C38H41ClFN7O5/c39-26-6-3-5-21-15-24(48)16-25(29(21)26)32-31(40)33-30-34(46-17-22-7-8-27(41-22)28(46)19-50-35(30)42-32)44-36(43-33)52-20-38-10-4-14-47(38)23(9-11-38)18-51-37(49)45-12-1-2-13-45/h3,5-6,15-16,22-23,27-28,41,48H,1-2,4,7-14,17-20H2. The molecule has 10 rings (SSSR count). The number of amides is 1. The molecule has 2 N–H and O–H groups in total. The number of phenols is 1. The fourth-order valence-corrected chi connectivity index (χ4v) is 10.1. The molecule has 4 aromatic rings. The summed E-state index contributed by atoms with van der Waals surface area (Å²) >= 11 is 6.68. The minimum atomic E-state index is -0.666. The number of nitrogens with one attached hydrogen (secondary N) is 1. The SMILES string of the molecule is O=C(OCC1CCC2(COc3nc4c5c(nc(-c6cc(O)cc7cccc(Cl)c67)c(F)c5n3)OCC3C5CCC(CN43)N5)CCCN12)N1CCCC1. The van der Waals surface area contributed by atoms with E-state index in [4.69, 9.17) is 40.8 Å². The summed E-state index contributed by atoms with van der Waals surface area (Å²) < 4.78 is 35.9. The van der Waals surface area contributed by atoms with Crippen molar-refractivity contribution in [1.29, 1.82) is 0 Å². The van der Waals surface area contributed by atoms with Crippen LogP contribution in [0.1, 0.15) is 51.4 Å². The largest absolute Gasteiger partial charge is 0.508 e. The molecule has 6 aliphatic heterocycles. The molecule has 5 saturated heterocycles. The van der Waals surface area contributed by atoms with E-state index in [1.54, 1.807) is 23.1 Å². The average molecular weight is 730 g/mol. The molecule has 0 radical (unpaired) electrons. The van der Waals surface area contributed by atoms with Crippen LogP contribution in [0.4, 0.5) is 15.0 Å². The van der Waals surface area contributed by atoms with Crippen LogP contribution in [0.25, 0.3) is 32.9 Å². The van der Waals surface area contributed by atoms with Gasteiger partial charge in [0, 0.05) is 53.7 Å². The van der Waals surface area contributed by atoms with Crippen molar-refractivity contribution in [2.45, 2.75) is 81.1 Å². The van der Waals surface area contributed by atoms with Gasteiger partial charge in [-0.2, -0.15) is 9.97 Å².